The Hall–Kier alpha value is -3.07. The Kier molecular flexibility index (Phi) is 6.07. The second-order valence-corrected chi connectivity index (χ2v) is 6.87. The van der Waals surface area contributed by atoms with Crippen molar-refractivity contribution in [3.05, 3.63) is 59.1 Å². The van der Waals surface area contributed by atoms with Gasteiger partial charge in [0.2, 0.25) is 5.91 Å². The molecular formula is C20H17F3N2O3S. The summed E-state index contributed by atoms with van der Waals surface area (Å²) >= 11 is 1.26. The first-order valence-corrected chi connectivity index (χ1v) is 9.32. The maximum absolute atomic E-state index is 12.7. The Balaban J connectivity index is 1.68. The Morgan fingerprint density at radius 2 is 1.83 bits per heavy atom. The van der Waals surface area contributed by atoms with Gasteiger partial charge in [0.15, 0.2) is 0 Å². The average molecular weight is 422 g/mol. The zero-order valence-electron chi connectivity index (χ0n) is 15.5. The molecule has 3 aromatic rings. The molecule has 1 N–H and O–H groups in total. The molecular weight excluding hydrogens is 405 g/mol. The van der Waals surface area contributed by atoms with Crippen LogP contribution in [0.3, 0.4) is 0 Å². The van der Waals surface area contributed by atoms with Crippen LogP contribution in [-0.2, 0) is 17.4 Å². The lowest BCUT2D eigenvalue weighted by Crippen LogP contribution is -2.15. The van der Waals surface area contributed by atoms with Crippen LogP contribution in [0.25, 0.3) is 10.6 Å². The smallest absolute Gasteiger partial charge is 0.416 e. The number of ether oxygens (including phenoxy) is 2. The van der Waals surface area contributed by atoms with Gasteiger partial charge in [0.25, 0.3) is 0 Å². The fourth-order valence-electron chi connectivity index (χ4n) is 2.58. The van der Waals surface area contributed by atoms with E-state index >= 15 is 0 Å². The number of thiazole rings is 1. The Morgan fingerprint density at radius 3 is 2.45 bits per heavy atom. The van der Waals surface area contributed by atoms with Gasteiger partial charge in [-0.05, 0) is 24.3 Å². The van der Waals surface area contributed by atoms with Gasteiger partial charge in [-0.15, -0.1) is 11.3 Å². The quantitative estimate of drug-likeness (QED) is 0.606. The molecule has 9 heteroatoms. The maximum atomic E-state index is 12.7. The van der Waals surface area contributed by atoms with Crippen LogP contribution in [0, 0.1) is 0 Å². The first kappa shape index (κ1) is 20.7. The Bertz CT molecular complexity index is 1000. The number of aromatic nitrogens is 1. The van der Waals surface area contributed by atoms with Crippen molar-refractivity contribution >= 4 is 22.9 Å². The van der Waals surface area contributed by atoms with Crippen molar-refractivity contribution in [3.63, 3.8) is 0 Å². The normalized spacial score (nSPS) is 11.2. The summed E-state index contributed by atoms with van der Waals surface area (Å²) in [5.74, 6) is 0.764. The number of anilines is 1. The highest BCUT2D eigenvalue weighted by atomic mass is 32.1. The van der Waals surface area contributed by atoms with Gasteiger partial charge in [0, 0.05) is 17.0 Å². The van der Waals surface area contributed by atoms with Crippen LogP contribution >= 0.6 is 11.3 Å². The summed E-state index contributed by atoms with van der Waals surface area (Å²) in [6.45, 7) is 0. The van der Waals surface area contributed by atoms with Gasteiger partial charge in [-0.25, -0.2) is 4.98 Å². The number of methoxy groups -OCH3 is 2. The van der Waals surface area contributed by atoms with Gasteiger partial charge in [-0.1, -0.05) is 12.1 Å². The van der Waals surface area contributed by atoms with Crippen LogP contribution in [0.5, 0.6) is 11.5 Å². The van der Waals surface area contributed by atoms with E-state index in [1.54, 1.807) is 23.6 Å². The summed E-state index contributed by atoms with van der Waals surface area (Å²) < 4.78 is 48.4. The SMILES string of the molecule is COc1ccc(NC(=O)Cc2csc(-c3ccc(C(F)(F)F)cc3)n2)c(OC)c1. The van der Waals surface area contributed by atoms with Crippen LogP contribution in [0.15, 0.2) is 47.8 Å². The van der Waals surface area contributed by atoms with Crippen LogP contribution in [0.2, 0.25) is 0 Å². The van der Waals surface area contributed by atoms with Crippen molar-refractivity contribution < 1.29 is 27.4 Å². The fourth-order valence-corrected chi connectivity index (χ4v) is 3.41. The fraction of sp³-hybridized carbons (Fsp3) is 0.200. The van der Waals surface area contributed by atoms with Crippen molar-refractivity contribution in [2.45, 2.75) is 12.6 Å². The highest BCUT2D eigenvalue weighted by Gasteiger charge is 2.30. The summed E-state index contributed by atoms with van der Waals surface area (Å²) in [4.78, 5) is 16.7. The molecule has 3 rings (SSSR count). The first-order valence-electron chi connectivity index (χ1n) is 8.44. The standard InChI is InChI=1S/C20H17F3N2O3S/c1-27-15-7-8-16(17(10-15)28-2)25-18(26)9-14-11-29-19(24-14)12-3-5-13(6-4-12)20(21,22)23/h3-8,10-11H,9H2,1-2H3,(H,25,26). The van der Waals surface area contributed by atoms with Gasteiger partial charge < -0.3 is 14.8 Å². The van der Waals surface area contributed by atoms with E-state index in [2.05, 4.69) is 10.3 Å². The number of carbonyl (C=O) groups excluding carboxylic acids is 1. The molecule has 0 aliphatic carbocycles. The summed E-state index contributed by atoms with van der Waals surface area (Å²) in [5, 5.41) is 5.01. The average Bonchev–Trinajstić information content (AvgIpc) is 3.16. The van der Waals surface area contributed by atoms with Gasteiger partial charge in [0.05, 0.1) is 37.6 Å². The molecule has 29 heavy (non-hydrogen) atoms. The number of amides is 1. The number of rotatable bonds is 6. The molecule has 1 amide bonds. The molecule has 0 bridgehead atoms. The maximum Gasteiger partial charge on any atom is 0.416 e. The van der Waals surface area contributed by atoms with Crippen LogP contribution in [-0.4, -0.2) is 25.1 Å². The number of alkyl halides is 3. The van der Waals surface area contributed by atoms with Crippen LogP contribution in [0.1, 0.15) is 11.3 Å². The van der Waals surface area contributed by atoms with Gasteiger partial charge in [-0.3, -0.25) is 4.79 Å². The van der Waals surface area contributed by atoms with Gasteiger partial charge >= 0.3 is 6.18 Å². The topological polar surface area (TPSA) is 60.5 Å². The molecule has 0 aliphatic rings. The zero-order valence-corrected chi connectivity index (χ0v) is 16.4. The van der Waals surface area contributed by atoms with E-state index in [0.717, 1.165) is 12.1 Å². The third-order valence-corrected chi connectivity index (χ3v) is 4.98. The number of nitrogens with zero attached hydrogens (tertiary/aromatic N) is 1. The molecule has 0 saturated carbocycles. The van der Waals surface area contributed by atoms with Crippen molar-refractivity contribution in [1.29, 1.82) is 0 Å². The summed E-state index contributed by atoms with van der Waals surface area (Å²) in [7, 11) is 3.02. The minimum Gasteiger partial charge on any atom is -0.497 e. The summed E-state index contributed by atoms with van der Waals surface area (Å²) in [6, 6.07) is 9.79. The van der Waals surface area contributed by atoms with Gasteiger partial charge in [-0.2, -0.15) is 13.2 Å². The molecule has 152 valence electrons. The van der Waals surface area contributed by atoms with E-state index in [9.17, 15) is 18.0 Å². The Labute approximate surface area is 169 Å². The number of hydrogen-bond acceptors (Lipinski definition) is 5. The lowest BCUT2D eigenvalue weighted by Gasteiger charge is -2.11. The van der Waals surface area contributed by atoms with E-state index < -0.39 is 11.7 Å². The highest BCUT2D eigenvalue weighted by molar-refractivity contribution is 7.13. The molecule has 0 spiro atoms. The Morgan fingerprint density at radius 1 is 1.10 bits per heavy atom. The van der Waals surface area contributed by atoms with Crippen molar-refractivity contribution in [3.8, 4) is 22.1 Å². The monoisotopic (exact) mass is 422 g/mol. The molecule has 0 fully saturated rings. The number of nitrogens with one attached hydrogen (secondary N) is 1. The van der Waals surface area contributed by atoms with E-state index in [4.69, 9.17) is 9.47 Å². The molecule has 0 aliphatic heterocycles. The second-order valence-electron chi connectivity index (χ2n) is 6.01. The molecule has 0 unspecified atom stereocenters. The minimum atomic E-state index is -4.38. The van der Waals surface area contributed by atoms with Crippen molar-refractivity contribution in [1.82, 2.24) is 4.98 Å². The molecule has 0 atom stereocenters. The van der Waals surface area contributed by atoms with Crippen LogP contribution < -0.4 is 14.8 Å². The van der Waals surface area contributed by atoms with E-state index in [-0.39, 0.29) is 12.3 Å². The van der Waals surface area contributed by atoms with E-state index in [0.29, 0.717) is 33.5 Å². The lowest BCUT2D eigenvalue weighted by atomic mass is 10.1. The molecule has 5 nitrogen and oxygen atoms in total. The van der Waals surface area contributed by atoms with Gasteiger partial charge in [0.1, 0.15) is 16.5 Å². The number of benzene rings is 2. The van der Waals surface area contributed by atoms with Crippen LogP contribution in [0.4, 0.5) is 18.9 Å². The number of hydrogen-bond donors (Lipinski definition) is 1. The first-order chi connectivity index (χ1) is 13.8. The number of halogens is 3. The van der Waals surface area contributed by atoms with Crippen molar-refractivity contribution in [2.24, 2.45) is 0 Å². The number of carbonyl (C=O) groups is 1. The third-order valence-electron chi connectivity index (χ3n) is 4.04. The summed E-state index contributed by atoms with van der Waals surface area (Å²) in [6.07, 6.45) is -4.36. The largest absolute Gasteiger partial charge is 0.497 e. The van der Waals surface area contributed by atoms with E-state index in [1.807, 2.05) is 0 Å². The zero-order chi connectivity index (χ0) is 21.0. The molecule has 1 aromatic heterocycles. The predicted molar refractivity (Wildman–Crippen MR) is 104 cm³/mol. The molecule has 0 saturated heterocycles. The predicted octanol–water partition coefficient (Wildman–Crippen LogP) is 5.03. The molecule has 2 aromatic carbocycles. The lowest BCUT2D eigenvalue weighted by molar-refractivity contribution is -0.137. The highest BCUT2D eigenvalue weighted by Crippen LogP contribution is 2.32. The van der Waals surface area contributed by atoms with Crippen molar-refractivity contribution in [2.75, 3.05) is 19.5 Å². The van der Waals surface area contributed by atoms with E-state index in [1.165, 1.54) is 37.7 Å². The summed E-state index contributed by atoms with van der Waals surface area (Å²) in [5.41, 5.74) is 0.865. The minimum absolute atomic E-state index is 0.0202. The molecule has 1 heterocycles. The second kappa shape index (κ2) is 8.52. The molecule has 0 radical (unpaired) electrons. The third kappa shape index (κ3) is 5.05.